The largest absolute Gasteiger partial charge is 0.487 e. The first-order valence-electron chi connectivity index (χ1n) is 6.21. The molecule has 0 saturated heterocycles. The Hall–Kier alpha value is -2.04. The van der Waals surface area contributed by atoms with Crippen molar-refractivity contribution in [1.82, 2.24) is 4.57 Å². The number of carbonyl (C=O) groups is 1. The molecule has 0 atom stereocenters. The van der Waals surface area contributed by atoms with Gasteiger partial charge in [0.2, 0.25) is 5.43 Å². The van der Waals surface area contributed by atoms with E-state index in [2.05, 4.69) is 6.58 Å². The predicted molar refractivity (Wildman–Crippen MR) is 72.6 cm³/mol. The number of aromatic nitrogens is 1. The van der Waals surface area contributed by atoms with E-state index in [0.717, 1.165) is 12.8 Å². The van der Waals surface area contributed by atoms with E-state index < -0.39 is 5.97 Å². The van der Waals surface area contributed by atoms with E-state index in [1.54, 1.807) is 10.6 Å². The van der Waals surface area contributed by atoms with Crippen LogP contribution in [0.1, 0.15) is 30.3 Å². The SMILES string of the molecule is C=CCn1ccc(=O)c(OCCCC)c1C(=O)OC. The van der Waals surface area contributed by atoms with Crippen LogP contribution in [0.5, 0.6) is 5.75 Å². The first-order valence-corrected chi connectivity index (χ1v) is 6.21. The number of rotatable bonds is 7. The van der Waals surface area contributed by atoms with E-state index in [4.69, 9.17) is 9.47 Å². The molecule has 0 aliphatic heterocycles. The zero-order valence-electron chi connectivity index (χ0n) is 11.3. The number of allylic oxidation sites excluding steroid dienone is 1. The Morgan fingerprint density at radius 3 is 2.84 bits per heavy atom. The van der Waals surface area contributed by atoms with Gasteiger partial charge in [-0.05, 0) is 6.42 Å². The normalized spacial score (nSPS) is 10.0. The van der Waals surface area contributed by atoms with Crippen molar-refractivity contribution in [2.75, 3.05) is 13.7 Å². The number of hydrogen-bond donors (Lipinski definition) is 0. The van der Waals surface area contributed by atoms with Gasteiger partial charge in [-0.1, -0.05) is 19.4 Å². The molecule has 0 aliphatic rings. The minimum Gasteiger partial charge on any atom is -0.487 e. The highest BCUT2D eigenvalue weighted by Gasteiger charge is 2.20. The van der Waals surface area contributed by atoms with Gasteiger partial charge < -0.3 is 14.0 Å². The van der Waals surface area contributed by atoms with E-state index in [-0.39, 0.29) is 16.9 Å². The first kappa shape index (κ1) is 15.0. The Morgan fingerprint density at radius 2 is 2.26 bits per heavy atom. The molecule has 0 radical (unpaired) electrons. The molecule has 0 bridgehead atoms. The molecule has 0 unspecified atom stereocenters. The molecule has 0 amide bonds. The predicted octanol–water partition coefficient (Wildman–Crippen LogP) is 2.00. The molecule has 0 aliphatic carbocycles. The van der Waals surface area contributed by atoms with Crippen molar-refractivity contribution in [3.05, 3.63) is 40.8 Å². The van der Waals surface area contributed by atoms with Crippen LogP contribution in [0, 0.1) is 0 Å². The molecule has 1 heterocycles. The van der Waals surface area contributed by atoms with Crippen LogP contribution in [-0.4, -0.2) is 24.3 Å². The molecule has 1 aromatic rings. The van der Waals surface area contributed by atoms with Gasteiger partial charge in [-0.15, -0.1) is 6.58 Å². The number of pyridine rings is 1. The summed E-state index contributed by atoms with van der Waals surface area (Å²) in [5, 5.41) is 0. The molecule has 0 N–H and O–H groups in total. The van der Waals surface area contributed by atoms with E-state index in [0.29, 0.717) is 13.2 Å². The Balaban J connectivity index is 3.23. The highest BCUT2D eigenvalue weighted by atomic mass is 16.5. The van der Waals surface area contributed by atoms with Crippen LogP contribution in [0.4, 0.5) is 0 Å². The fourth-order valence-corrected chi connectivity index (χ4v) is 1.61. The third-order valence-electron chi connectivity index (χ3n) is 2.58. The van der Waals surface area contributed by atoms with Gasteiger partial charge in [0.25, 0.3) is 0 Å². The summed E-state index contributed by atoms with van der Waals surface area (Å²) < 4.78 is 11.7. The van der Waals surface area contributed by atoms with Gasteiger partial charge in [0.1, 0.15) is 0 Å². The molecule has 5 heteroatoms. The summed E-state index contributed by atoms with van der Waals surface area (Å²) in [5.41, 5.74) is -0.192. The lowest BCUT2D eigenvalue weighted by Crippen LogP contribution is -2.21. The average molecular weight is 265 g/mol. The minimum atomic E-state index is -0.592. The molecular weight excluding hydrogens is 246 g/mol. The molecule has 1 rings (SSSR count). The summed E-state index contributed by atoms with van der Waals surface area (Å²) in [4.78, 5) is 23.7. The zero-order valence-corrected chi connectivity index (χ0v) is 11.3. The standard InChI is InChI=1S/C14H19NO4/c1-4-6-10-19-13-11(16)7-9-15(8-5-2)12(13)14(17)18-3/h5,7,9H,2,4,6,8,10H2,1,3H3. The Labute approximate surface area is 112 Å². The molecule has 0 fully saturated rings. The van der Waals surface area contributed by atoms with Gasteiger partial charge >= 0.3 is 5.97 Å². The maximum absolute atomic E-state index is 11.8. The molecule has 0 spiro atoms. The number of esters is 1. The van der Waals surface area contributed by atoms with E-state index >= 15 is 0 Å². The Bertz CT molecular complexity index is 505. The highest BCUT2D eigenvalue weighted by molar-refractivity contribution is 5.90. The lowest BCUT2D eigenvalue weighted by atomic mass is 10.3. The van der Waals surface area contributed by atoms with Crippen molar-refractivity contribution in [1.29, 1.82) is 0 Å². The molecule has 104 valence electrons. The van der Waals surface area contributed by atoms with Gasteiger partial charge in [-0.3, -0.25) is 4.79 Å². The minimum absolute atomic E-state index is 0.0460. The van der Waals surface area contributed by atoms with Crippen LogP contribution >= 0.6 is 0 Å². The molecular formula is C14H19NO4. The third kappa shape index (κ3) is 3.71. The van der Waals surface area contributed by atoms with Crippen molar-refractivity contribution in [3.8, 4) is 5.75 Å². The van der Waals surface area contributed by atoms with Crippen molar-refractivity contribution in [2.24, 2.45) is 0 Å². The second-order valence-corrected chi connectivity index (χ2v) is 3.99. The number of nitrogens with zero attached hydrogens (tertiary/aromatic N) is 1. The molecule has 0 aromatic carbocycles. The molecule has 1 aromatic heterocycles. The topological polar surface area (TPSA) is 57.5 Å². The van der Waals surface area contributed by atoms with Gasteiger partial charge in [0.15, 0.2) is 11.4 Å². The second-order valence-electron chi connectivity index (χ2n) is 3.99. The fraction of sp³-hybridized carbons (Fsp3) is 0.429. The number of unbranched alkanes of at least 4 members (excludes halogenated alkanes) is 1. The van der Waals surface area contributed by atoms with E-state index in [9.17, 15) is 9.59 Å². The monoisotopic (exact) mass is 265 g/mol. The van der Waals surface area contributed by atoms with Crippen LogP contribution in [0.25, 0.3) is 0 Å². The van der Waals surface area contributed by atoms with Gasteiger partial charge in [-0.2, -0.15) is 0 Å². The average Bonchev–Trinajstić information content (AvgIpc) is 2.41. The van der Waals surface area contributed by atoms with Gasteiger partial charge in [-0.25, -0.2) is 4.79 Å². The number of methoxy groups -OCH3 is 1. The number of hydrogen-bond acceptors (Lipinski definition) is 4. The van der Waals surface area contributed by atoms with Crippen molar-refractivity contribution < 1.29 is 14.3 Å². The summed E-state index contributed by atoms with van der Waals surface area (Å²) in [5.74, 6) is -0.546. The van der Waals surface area contributed by atoms with Crippen LogP contribution in [0.15, 0.2) is 29.7 Å². The summed E-state index contributed by atoms with van der Waals surface area (Å²) in [6.07, 6.45) is 4.92. The van der Waals surface area contributed by atoms with Crippen LogP contribution in [0.2, 0.25) is 0 Å². The van der Waals surface area contributed by atoms with Gasteiger partial charge in [0, 0.05) is 18.8 Å². The summed E-state index contributed by atoms with van der Waals surface area (Å²) in [6, 6.07) is 1.37. The number of ether oxygens (including phenoxy) is 2. The summed E-state index contributed by atoms with van der Waals surface area (Å²) in [6.45, 7) is 6.43. The molecule has 0 saturated carbocycles. The van der Waals surface area contributed by atoms with Crippen LogP contribution in [0.3, 0.4) is 0 Å². The lowest BCUT2D eigenvalue weighted by molar-refractivity contribution is 0.0582. The fourth-order valence-electron chi connectivity index (χ4n) is 1.61. The quantitative estimate of drug-likeness (QED) is 0.430. The maximum atomic E-state index is 11.8. The molecule has 19 heavy (non-hydrogen) atoms. The van der Waals surface area contributed by atoms with Gasteiger partial charge in [0.05, 0.1) is 13.7 Å². The van der Waals surface area contributed by atoms with E-state index in [1.807, 2.05) is 6.92 Å². The summed E-state index contributed by atoms with van der Waals surface area (Å²) in [7, 11) is 1.27. The smallest absolute Gasteiger partial charge is 0.358 e. The van der Waals surface area contributed by atoms with E-state index in [1.165, 1.54) is 19.4 Å². The Morgan fingerprint density at radius 1 is 1.53 bits per heavy atom. The molecule has 5 nitrogen and oxygen atoms in total. The second kappa shape index (κ2) is 7.41. The highest BCUT2D eigenvalue weighted by Crippen LogP contribution is 2.15. The van der Waals surface area contributed by atoms with Crippen molar-refractivity contribution >= 4 is 5.97 Å². The maximum Gasteiger partial charge on any atom is 0.358 e. The first-order chi connectivity index (χ1) is 9.15. The van der Waals surface area contributed by atoms with Crippen molar-refractivity contribution in [3.63, 3.8) is 0 Å². The lowest BCUT2D eigenvalue weighted by Gasteiger charge is -2.14. The van der Waals surface area contributed by atoms with Crippen LogP contribution < -0.4 is 10.2 Å². The number of carbonyl (C=O) groups excluding carboxylic acids is 1. The Kier molecular flexibility index (Phi) is 5.85. The third-order valence-corrected chi connectivity index (χ3v) is 2.58. The zero-order chi connectivity index (χ0) is 14.3. The van der Waals surface area contributed by atoms with Crippen LogP contribution in [-0.2, 0) is 11.3 Å². The van der Waals surface area contributed by atoms with Crippen molar-refractivity contribution in [2.45, 2.75) is 26.3 Å². The summed E-state index contributed by atoms with van der Waals surface area (Å²) >= 11 is 0.